The second-order valence-electron chi connectivity index (χ2n) is 9.24. The van der Waals surface area contributed by atoms with Gasteiger partial charge in [0.05, 0.1) is 22.9 Å². The fourth-order valence-corrected chi connectivity index (χ4v) is 4.62. The highest BCUT2D eigenvalue weighted by Crippen LogP contribution is 2.29. The lowest BCUT2D eigenvalue weighted by molar-refractivity contribution is 0.666. The maximum absolute atomic E-state index is 5.62. The molecule has 5 rings (SSSR count). The van der Waals surface area contributed by atoms with E-state index in [0.29, 0.717) is 0 Å². The van der Waals surface area contributed by atoms with Gasteiger partial charge in [-0.3, -0.25) is 0 Å². The third kappa shape index (κ3) is 5.45. The smallest absolute Gasteiger partial charge is 0.107 e. The number of aromatic amines is 2. The Morgan fingerprint density at radius 2 is 1.49 bits per heavy atom. The predicted octanol–water partition coefficient (Wildman–Crippen LogP) is 5.60. The number of unbranched alkanes of at least 4 members (excludes halogenated alkanes) is 2. The molecule has 35 heavy (non-hydrogen) atoms. The zero-order chi connectivity index (χ0) is 24.0. The summed E-state index contributed by atoms with van der Waals surface area (Å²) in [6, 6.07) is 19.8. The van der Waals surface area contributed by atoms with Gasteiger partial charge < -0.3 is 21.0 Å². The Morgan fingerprint density at radius 1 is 0.771 bits per heavy atom. The van der Waals surface area contributed by atoms with Crippen molar-refractivity contribution in [2.45, 2.75) is 38.5 Å². The number of H-pyrrole nitrogens is 2. The maximum atomic E-state index is 5.62. The van der Waals surface area contributed by atoms with Crippen molar-refractivity contribution in [3.8, 4) is 22.4 Å². The van der Waals surface area contributed by atoms with Crippen LogP contribution in [0.1, 0.15) is 37.3 Å². The summed E-state index contributed by atoms with van der Waals surface area (Å²) in [5.74, 6) is 2.10. The number of rotatable bonds is 11. The highest BCUT2D eigenvalue weighted by atomic mass is 14.9. The van der Waals surface area contributed by atoms with Crippen LogP contribution in [-0.2, 0) is 12.8 Å². The number of hydrogen-bond acceptors (Lipinski definition) is 4. The molecule has 0 saturated carbocycles. The molecule has 6 heteroatoms. The zero-order valence-corrected chi connectivity index (χ0v) is 20.4. The molecule has 0 aliphatic carbocycles. The lowest BCUT2D eigenvalue weighted by Crippen LogP contribution is -2.07. The predicted molar refractivity (Wildman–Crippen MR) is 145 cm³/mol. The van der Waals surface area contributed by atoms with E-state index in [-0.39, 0.29) is 0 Å². The van der Waals surface area contributed by atoms with Crippen molar-refractivity contribution in [1.82, 2.24) is 25.3 Å². The number of nitrogens with zero attached hydrogens (tertiary/aromatic N) is 2. The third-order valence-corrected chi connectivity index (χ3v) is 6.60. The molecule has 6 nitrogen and oxygen atoms in total. The van der Waals surface area contributed by atoms with Crippen LogP contribution >= 0.6 is 0 Å². The van der Waals surface area contributed by atoms with E-state index in [9.17, 15) is 0 Å². The molecule has 180 valence electrons. The van der Waals surface area contributed by atoms with Crippen LogP contribution in [-0.4, -0.2) is 40.1 Å². The van der Waals surface area contributed by atoms with Gasteiger partial charge in [0.2, 0.25) is 0 Å². The Hall–Kier alpha value is -3.48. The van der Waals surface area contributed by atoms with Crippen LogP contribution < -0.4 is 11.1 Å². The summed E-state index contributed by atoms with van der Waals surface area (Å²) in [5, 5.41) is 5.65. The second-order valence-corrected chi connectivity index (χ2v) is 9.24. The molecule has 2 aromatic heterocycles. The molecule has 0 unspecified atom stereocenters. The number of hydrogen-bond donors (Lipinski definition) is 4. The number of imidazole rings is 2. The zero-order valence-electron chi connectivity index (χ0n) is 20.4. The molecule has 0 spiro atoms. The number of benzene rings is 3. The lowest BCUT2D eigenvalue weighted by atomic mass is 9.99. The van der Waals surface area contributed by atoms with Crippen LogP contribution in [0.25, 0.3) is 44.2 Å². The Morgan fingerprint density at radius 3 is 2.31 bits per heavy atom. The first kappa shape index (κ1) is 23.3. The number of fused-ring (bicyclic) bond motifs is 2. The molecular formula is C29H34N6. The summed E-state index contributed by atoms with van der Waals surface area (Å²) in [6.45, 7) is 1.78. The van der Waals surface area contributed by atoms with Gasteiger partial charge in [-0.05, 0) is 92.0 Å². The molecule has 0 bridgehead atoms. The van der Waals surface area contributed by atoms with Crippen molar-refractivity contribution < 1.29 is 0 Å². The third-order valence-electron chi connectivity index (χ3n) is 6.60. The van der Waals surface area contributed by atoms with E-state index in [2.05, 4.69) is 74.9 Å². The first-order valence-electron chi connectivity index (χ1n) is 12.7. The van der Waals surface area contributed by atoms with Gasteiger partial charge in [0, 0.05) is 18.4 Å². The topological polar surface area (TPSA) is 95.4 Å². The van der Waals surface area contributed by atoms with Crippen LogP contribution in [0, 0.1) is 0 Å². The van der Waals surface area contributed by atoms with Crippen molar-refractivity contribution >= 4 is 21.8 Å². The lowest BCUT2D eigenvalue weighted by Gasteiger charge is -2.06. The van der Waals surface area contributed by atoms with E-state index < -0.39 is 0 Å². The first-order chi connectivity index (χ1) is 17.2. The molecule has 0 fully saturated rings. The molecule has 5 aromatic rings. The molecule has 0 aliphatic rings. The van der Waals surface area contributed by atoms with Gasteiger partial charge >= 0.3 is 0 Å². The largest absolute Gasteiger partial charge is 0.342 e. The minimum atomic E-state index is 0.730. The van der Waals surface area contributed by atoms with E-state index in [1.807, 2.05) is 13.2 Å². The molecule has 3 aromatic carbocycles. The summed E-state index contributed by atoms with van der Waals surface area (Å²) in [5.41, 5.74) is 12.4. The fraction of sp³-hybridized carbons (Fsp3) is 0.310. The number of nitrogens with two attached hydrogens (primary N) is 1. The van der Waals surface area contributed by atoms with Gasteiger partial charge in [0.1, 0.15) is 11.6 Å². The van der Waals surface area contributed by atoms with Crippen molar-refractivity contribution in [2.75, 3.05) is 20.1 Å². The number of nitrogens with one attached hydrogen (secondary N) is 3. The van der Waals surface area contributed by atoms with E-state index >= 15 is 0 Å². The summed E-state index contributed by atoms with van der Waals surface area (Å²) in [7, 11) is 1.99. The quantitative estimate of drug-likeness (QED) is 0.191. The normalized spacial score (nSPS) is 11.6. The van der Waals surface area contributed by atoms with Crippen LogP contribution in [0.4, 0.5) is 0 Å². The highest BCUT2D eigenvalue weighted by Gasteiger charge is 2.08. The van der Waals surface area contributed by atoms with Crippen LogP contribution in [0.2, 0.25) is 0 Å². The van der Waals surface area contributed by atoms with Crippen LogP contribution in [0.3, 0.4) is 0 Å². The van der Waals surface area contributed by atoms with E-state index in [1.165, 1.54) is 27.5 Å². The monoisotopic (exact) mass is 466 g/mol. The van der Waals surface area contributed by atoms with Gasteiger partial charge in [0.15, 0.2) is 0 Å². The molecule has 2 heterocycles. The Labute approximate surface area is 206 Å². The first-order valence-corrected chi connectivity index (χ1v) is 12.7. The molecule has 0 amide bonds. The van der Waals surface area contributed by atoms with Crippen molar-refractivity contribution in [1.29, 1.82) is 0 Å². The van der Waals surface area contributed by atoms with E-state index in [4.69, 9.17) is 10.7 Å². The minimum absolute atomic E-state index is 0.730. The van der Waals surface area contributed by atoms with Crippen molar-refractivity contribution in [3.63, 3.8) is 0 Å². The SMILES string of the molecule is CNCCCCc1ncc(-c2ccc3cc(-c4ccc5nc(CCCCN)[nH]c5c4)ccc3c2)[nH]1. The van der Waals surface area contributed by atoms with Gasteiger partial charge in [-0.25, -0.2) is 9.97 Å². The molecule has 5 N–H and O–H groups in total. The number of aryl methyl sites for hydroxylation is 2. The van der Waals surface area contributed by atoms with Crippen LogP contribution in [0.15, 0.2) is 60.8 Å². The van der Waals surface area contributed by atoms with Gasteiger partial charge in [-0.2, -0.15) is 0 Å². The average molecular weight is 467 g/mol. The average Bonchev–Trinajstić information content (AvgIpc) is 3.52. The summed E-state index contributed by atoms with van der Waals surface area (Å²) in [4.78, 5) is 16.3. The molecular weight excluding hydrogens is 432 g/mol. The van der Waals surface area contributed by atoms with Gasteiger partial charge in [-0.1, -0.05) is 30.3 Å². The fourth-order valence-electron chi connectivity index (χ4n) is 4.62. The van der Waals surface area contributed by atoms with E-state index in [1.54, 1.807) is 0 Å². The van der Waals surface area contributed by atoms with Crippen molar-refractivity contribution in [2.24, 2.45) is 5.73 Å². The molecule has 0 aliphatic heterocycles. The molecule has 0 radical (unpaired) electrons. The summed E-state index contributed by atoms with van der Waals surface area (Å²) in [6.07, 6.45) is 8.25. The molecule has 0 saturated heterocycles. The molecule has 0 atom stereocenters. The minimum Gasteiger partial charge on any atom is -0.342 e. The van der Waals surface area contributed by atoms with Gasteiger partial charge in [-0.15, -0.1) is 0 Å². The summed E-state index contributed by atoms with van der Waals surface area (Å²) >= 11 is 0. The van der Waals surface area contributed by atoms with E-state index in [0.717, 1.165) is 80.0 Å². The standard InChI is InChI=1S/C29H34N6/c1-31-15-5-3-6-28-32-19-27(35-28)24-11-10-20-16-21(8-9-22(20)17-24)23-12-13-25-26(18-23)34-29(33-25)7-2-4-14-30/h8-13,16-19,31H,2-7,14-15,30H2,1H3,(H,32,35)(H,33,34). The second kappa shape index (κ2) is 10.8. The van der Waals surface area contributed by atoms with Gasteiger partial charge in [0.25, 0.3) is 0 Å². The van der Waals surface area contributed by atoms with Crippen LogP contribution in [0.5, 0.6) is 0 Å². The Balaban J connectivity index is 1.33. The Kier molecular flexibility index (Phi) is 7.21. The summed E-state index contributed by atoms with van der Waals surface area (Å²) < 4.78 is 0. The highest BCUT2D eigenvalue weighted by molar-refractivity contribution is 5.91. The Bertz CT molecular complexity index is 1410. The number of aromatic nitrogens is 4. The maximum Gasteiger partial charge on any atom is 0.107 e. The van der Waals surface area contributed by atoms with Crippen molar-refractivity contribution in [3.05, 3.63) is 72.4 Å².